The van der Waals surface area contributed by atoms with E-state index in [2.05, 4.69) is 20.3 Å². The Morgan fingerprint density at radius 1 is 1.56 bits per heavy atom. The quantitative estimate of drug-likeness (QED) is 0.733. The number of aromatic nitrogens is 3. The number of nitrogens with zero attached hydrogens (tertiary/aromatic N) is 2. The van der Waals surface area contributed by atoms with Crippen LogP contribution in [0.25, 0.3) is 0 Å². The molecule has 0 aromatic carbocycles. The number of halogens is 1. The number of hydrogen-bond donors (Lipinski definition) is 3. The molecule has 4 N–H and O–H groups in total. The number of carbonyl (C=O) groups is 1. The van der Waals surface area contributed by atoms with Crippen molar-refractivity contribution in [2.75, 3.05) is 5.73 Å². The van der Waals surface area contributed by atoms with Crippen molar-refractivity contribution in [3.63, 3.8) is 0 Å². The SMILES string of the molecule is CC(NC(=O)c1cc(N)nc(Cl)c1)c1ncc[nH]1. The van der Waals surface area contributed by atoms with Crippen molar-refractivity contribution in [2.24, 2.45) is 0 Å². The second kappa shape index (κ2) is 5.05. The summed E-state index contributed by atoms with van der Waals surface area (Å²) in [6.07, 6.45) is 3.32. The van der Waals surface area contributed by atoms with Gasteiger partial charge in [-0.25, -0.2) is 9.97 Å². The average molecular weight is 266 g/mol. The third-order valence-electron chi connectivity index (χ3n) is 2.35. The normalized spacial score (nSPS) is 12.1. The zero-order valence-corrected chi connectivity index (χ0v) is 10.4. The minimum Gasteiger partial charge on any atom is -0.384 e. The summed E-state index contributed by atoms with van der Waals surface area (Å²) in [7, 11) is 0. The average Bonchev–Trinajstić information content (AvgIpc) is 2.80. The van der Waals surface area contributed by atoms with Gasteiger partial charge >= 0.3 is 0 Å². The summed E-state index contributed by atoms with van der Waals surface area (Å²) in [6, 6.07) is 2.69. The molecule has 0 saturated carbocycles. The summed E-state index contributed by atoms with van der Waals surface area (Å²) in [5.74, 6) is 0.602. The first-order valence-corrected chi connectivity index (χ1v) is 5.67. The number of amides is 1. The molecule has 0 fully saturated rings. The number of nitrogens with two attached hydrogens (primary N) is 1. The van der Waals surface area contributed by atoms with E-state index in [4.69, 9.17) is 17.3 Å². The predicted octanol–water partition coefficient (Wildman–Crippen LogP) is 1.53. The van der Waals surface area contributed by atoms with Gasteiger partial charge in [0.25, 0.3) is 5.91 Å². The molecular weight excluding hydrogens is 254 g/mol. The number of aromatic amines is 1. The molecule has 0 spiro atoms. The van der Waals surface area contributed by atoms with E-state index in [1.165, 1.54) is 12.1 Å². The number of H-pyrrole nitrogens is 1. The van der Waals surface area contributed by atoms with Crippen molar-refractivity contribution in [3.8, 4) is 0 Å². The van der Waals surface area contributed by atoms with Gasteiger partial charge in [-0.2, -0.15) is 0 Å². The largest absolute Gasteiger partial charge is 0.384 e. The van der Waals surface area contributed by atoms with Gasteiger partial charge in [0.15, 0.2) is 0 Å². The molecule has 0 radical (unpaired) electrons. The van der Waals surface area contributed by atoms with Crippen LogP contribution in [0.3, 0.4) is 0 Å². The molecule has 2 rings (SSSR count). The minimum atomic E-state index is -0.282. The van der Waals surface area contributed by atoms with Crippen LogP contribution in [0.5, 0.6) is 0 Å². The molecule has 1 atom stereocenters. The van der Waals surface area contributed by atoms with Crippen molar-refractivity contribution in [3.05, 3.63) is 41.1 Å². The molecular formula is C11H12ClN5O. The summed E-state index contributed by atoms with van der Waals surface area (Å²) in [5, 5.41) is 2.96. The van der Waals surface area contributed by atoms with Gasteiger partial charge in [-0.3, -0.25) is 4.79 Å². The lowest BCUT2D eigenvalue weighted by atomic mass is 10.2. The fourth-order valence-corrected chi connectivity index (χ4v) is 1.73. The van der Waals surface area contributed by atoms with E-state index in [1.54, 1.807) is 12.4 Å². The van der Waals surface area contributed by atoms with E-state index in [1.807, 2.05) is 6.92 Å². The van der Waals surface area contributed by atoms with Gasteiger partial charge in [0.05, 0.1) is 6.04 Å². The van der Waals surface area contributed by atoms with Gasteiger partial charge in [-0.15, -0.1) is 0 Å². The molecule has 94 valence electrons. The van der Waals surface area contributed by atoms with Crippen LogP contribution in [0.15, 0.2) is 24.5 Å². The van der Waals surface area contributed by atoms with Crippen LogP contribution < -0.4 is 11.1 Å². The van der Waals surface area contributed by atoms with Gasteiger partial charge in [-0.1, -0.05) is 11.6 Å². The third kappa shape index (κ3) is 2.78. The number of hydrogen-bond acceptors (Lipinski definition) is 4. The fourth-order valence-electron chi connectivity index (χ4n) is 1.51. The number of nitrogen functional groups attached to an aromatic ring is 1. The van der Waals surface area contributed by atoms with Gasteiger partial charge in [0, 0.05) is 18.0 Å². The first-order chi connectivity index (χ1) is 8.56. The molecule has 0 aliphatic carbocycles. The van der Waals surface area contributed by atoms with E-state index < -0.39 is 0 Å². The molecule has 0 aliphatic heterocycles. The molecule has 0 aliphatic rings. The van der Waals surface area contributed by atoms with Gasteiger partial charge < -0.3 is 16.0 Å². The Balaban J connectivity index is 2.12. The van der Waals surface area contributed by atoms with Crippen LogP contribution in [0.2, 0.25) is 5.15 Å². The van der Waals surface area contributed by atoms with Crippen molar-refractivity contribution >= 4 is 23.3 Å². The third-order valence-corrected chi connectivity index (χ3v) is 2.55. The molecule has 2 aromatic rings. The summed E-state index contributed by atoms with van der Waals surface area (Å²) in [4.78, 5) is 22.7. The van der Waals surface area contributed by atoms with E-state index in [0.29, 0.717) is 11.4 Å². The van der Waals surface area contributed by atoms with E-state index in [9.17, 15) is 4.79 Å². The molecule has 1 amide bonds. The van der Waals surface area contributed by atoms with Crippen LogP contribution >= 0.6 is 11.6 Å². The Morgan fingerprint density at radius 3 is 2.94 bits per heavy atom. The van der Waals surface area contributed by atoms with Crippen LogP contribution in [0, 0.1) is 0 Å². The molecule has 18 heavy (non-hydrogen) atoms. The van der Waals surface area contributed by atoms with Crippen molar-refractivity contribution < 1.29 is 4.79 Å². The Morgan fingerprint density at radius 2 is 2.33 bits per heavy atom. The number of carbonyl (C=O) groups excluding carboxylic acids is 1. The minimum absolute atomic E-state index is 0.186. The van der Waals surface area contributed by atoms with Crippen molar-refractivity contribution in [2.45, 2.75) is 13.0 Å². The van der Waals surface area contributed by atoms with E-state index in [0.717, 1.165) is 0 Å². The second-order valence-electron chi connectivity index (χ2n) is 3.77. The van der Waals surface area contributed by atoms with Crippen LogP contribution in [-0.4, -0.2) is 20.9 Å². The second-order valence-corrected chi connectivity index (χ2v) is 4.16. The summed E-state index contributed by atoms with van der Waals surface area (Å²) in [5.41, 5.74) is 5.90. The van der Waals surface area contributed by atoms with Crippen LogP contribution in [0.1, 0.15) is 29.1 Å². The smallest absolute Gasteiger partial charge is 0.252 e. The number of nitrogens with one attached hydrogen (secondary N) is 2. The lowest BCUT2D eigenvalue weighted by Gasteiger charge is -2.11. The highest BCUT2D eigenvalue weighted by atomic mass is 35.5. The standard InChI is InChI=1S/C11H12ClN5O/c1-6(10-14-2-3-15-10)16-11(18)7-4-8(12)17-9(13)5-7/h2-6H,1H3,(H2,13,17)(H,14,15)(H,16,18). The Kier molecular flexibility index (Phi) is 3.47. The highest BCUT2D eigenvalue weighted by Gasteiger charge is 2.14. The maximum absolute atomic E-state index is 12.0. The molecule has 0 bridgehead atoms. The van der Waals surface area contributed by atoms with E-state index >= 15 is 0 Å². The Bertz CT molecular complexity index is 534. The molecule has 0 saturated heterocycles. The monoisotopic (exact) mass is 265 g/mol. The van der Waals surface area contributed by atoms with Gasteiger partial charge in [0.2, 0.25) is 0 Å². The number of imidazole rings is 1. The maximum Gasteiger partial charge on any atom is 0.252 e. The summed E-state index contributed by atoms with van der Waals surface area (Å²) < 4.78 is 0. The first kappa shape index (κ1) is 12.4. The van der Waals surface area contributed by atoms with Crippen molar-refractivity contribution in [1.29, 1.82) is 0 Å². The molecule has 7 heteroatoms. The zero-order chi connectivity index (χ0) is 13.1. The van der Waals surface area contributed by atoms with E-state index in [-0.39, 0.29) is 22.9 Å². The lowest BCUT2D eigenvalue weighted by Crippen LogP contribution is -2.27. The highest BCUT2D eigenvalue weighted by Crippen LogP contribution is 2.13. The first-order valence-electron chi connectivity index (χ1n) is 5.29. The summed E-state index contributed by atoms with van der Waals surface area (Å²) in [6.45, 7) is 1.82. The molecule has 1 unspecified atom stereocenters. The van der Waals surface area contributed by atoms with Gasteiger partial charge in [0.1, 0.15) is 16.8 Å². The fraction of sp³-hybridized carbons (Fsp3) is 0.182. The number of rotatable bonds is 3. The Hall–Kier alpha value is -2.08. The molecule has 2 aromatic heterocycles. The van der Waals surface area contributed by atoms with Crippen molar-refractivity contribution in [1.82, 2.24) is 20.3 Å². The Labute approximate surface area is 109 Å². The number of pyridine rings is 1. The highest BCUT2D eigenvalue weighted by molar-refractivity contribution is 6.29. The number of anilines is 1. The van der Waals surface area contributed by atoms with Crippen LogP contribution in [0.4, 0.5) is 5.82 Å². The molecule has 6 nitrogen and oxygen atoms in total. The topological polar surface area (TPSA) is 96.7 Å². The zero-order valence-electron chi connectivity index (χ0n) is 9.64. The molecule has 2 heterocycles. The lowest BCUT2D eigenvalue weighted by molar-refractivity contribution is 0.0938. The summed E-state index contributed by atoms with van der Waals surface area (Å²) >= 11 is 5.74. The maximum atomic E-state index is 12.0. The van der Waals surface area contributed by atoms with Crippen LogP contribution in [-0.2, 0) is 0 Å². The predicted molar refractivity (Wildman–Crippen MR) is 68.1 cm³/mol. The van der Waals surface area contributed by atoms with Gasteiger partial charge in [-0.05, 0) is 19.1 Å².